The molecule has 0 aliphatic heterocycles. The van der Waals surface area contributed by atoms with Crippen LogP contribution in [0.2, 0.25) is 0 Å². The lowest BCUT2D eigenvalue weighted by Crippen LogP contribution is -2.50. The van der Waals surface area contributed by atoms with Crippen LogP contribution < -0.4 is 5.32 Å². The molecule has 106 valence electrons. The maximum absolute atomic E-state index is 11.9. The number of rotatable bonds is 7. The molecule has 0 rings (SSSR count). The van der Waals surface area contributed by atoms with Crippen molar-refractivity contribution in [3.8, 4) is 0 Å². The normalized spacial score (nSPS) is 14.1. The average Bonchev–Trinajstić information content (AvgIpc) is 2.31. The number of hydrogen-bond acceptors (Lipinski definition) is 3. The number of nitrogens with one attached hydrogen (secondary N) is 1. The van der Waals surface area contributed by atoms with E-state index >= 15 is 0 Å². The van der Waals surface area contributed by atoms with Crippen LogP contribution in [0.15, 0.2) is 0 Å². The third kappa shape index (κ3) is 5.62. The summed E-state index contributed by atoms with van der Waals surface area (Å²) in [6.07, 6.45) is 2.35. The Bertz CT molecular complexity index is 284. The topological polar surface area (TPSA) is 69.6 Å². The molecule has 1 unspecified atom stereocenters. The fourth-order valence-electron chi connectivity index (χ4n) is 1.38. The second-order valence-electron chi connectivity index (χ2n) is 4.72. The van der Waals surface area contributed by atoms with Gasteiger partial charge in [-0.05, 0) is 31.3 Å². The van der Waals surface area contributed by atoms with Gasteiger partial charge in [0.25, 0.3) is 0 Å². The Labute approximate surface area is 113 Å². The quantitative estimate of drug-likeness (QED) is 0.745. The smallest absolute Gasteiger partial charge is 0.326 e. The number of aliphatic carboxylic acids is 1. The maximum Gasteiger partial charge on any atom is 0.326 e. The summed E-state index contributed by atoms with van der Waals surface area (Å²) in [5.74, 6) is 0.0546. The number of carboxylic acid groups (broad SMARTS) is 1. The summed E-state index contributed by atoms with van der Waals surface area (Å²) in [4.78, 5) is 24.5. The van der Waals surface area contributed by atoms with Crippen molar-refractivity contribution >= 4 is 23.8 Å². The van der Waals surface area contributed by atoms with Crippen LogP contribution >= 0.6 is 11.8 Å². The zero-order valence-corrected chi connectivity index (χ0v) is 12.6. The zero-order chi connectivity index (χ0) is 14.3. The van der Waals surface area contributed by atoms with Gasteiger partial charge in [-0.1, -0.05) is 13.8 Å². The lowest BCUT2D eigenvalue weighted by Gasteiger charge is -2.29. The maximum atomic E-state index is 11.9. The van der Waals surface area contributed by atoms with Gasteiger partial charge in [-0.2, -0.15) is 11.8 Å². The molecule has 0 radical (unpaired) electrons. The molecule has 0 aromatic carbocycles. The van der Waals surface area contributed by atoms with Crippen molar-refractivity contribution in [1.82, 2.24) is 10.2 Å². The molecule has 2 atom stereocenters. The molecule has 0 fully saturated rings. The molecule has 18 heavy (non-hydrogen) atoms. The van der Waals surface area contributed by atoms with Gasteiger partial charge in [-0.3, -0.25) is 0 Å². The van der Waals surface area contributed by atoms with E-state index in [0.29, 0.717) is 18.1 Å². The summed E-state index contributed by atoms with van der Waals surface area (Å²) in [5, 5.41) is 11.6. The molecule has 0 saturated carbocycles. The SMILES string of the molecule is CSCC[C@@H](NC(=O)N(C)C(C)C(C)C)C(=O)O. The van der Waals surface area contributed by atoms with E-state index in [9.17, 15) is 9.59 Å². The molecule has 0 aromatic heterocycles. The highest BCUT2D eigenvalue weighted by Gasteiger charge is 2.24. The fraction of sp³-hybridized carbons (Fsp3) is 0.833. The van der Waals surface area contributed by atoms with Gasteiger partial charge in [-0.25, -0.2) is 9.59 Å². The number of thioether (sulfide) groups is 1. The first kappa shape index (κ1) is 17.1. The summed E-state index contributed by atoms with van der Waals surface area (Å²) in [6, 6.07) is -1.07. The number of amides is 2. The molecule has 0 aliphatic carbocycles. The molecule has 0 aliphatic rings. The monoisotopic (exact) mass is 276 g/mol. The van der Waals surface area contributed by atoms with E-state index in [-0.39, 0.29) is 12.1 Å². The first-order valence-corrected chi connectivity index (χ1v) is 7.45. The second kappa shape index (κ2) is 8.24. The van der Waals surface area contributed by atoms with E-state index in [0.717, 1.165) is 0 Å². The molecule has 6 heteroatoms. The predicted molar refractivity (Wildman–Crippen MR) is 75.0 cm³/mol. The van der Waals surface area contributed by atoms with Gasteiger partial charge in [0.1, 0.15) is 6.04 Å². The van der Waals surface area contributed by atoms with E-state index < -0.39 is 12.0 Å². The third-order valence-corrected chi connectivity index (χ3v) is 3.75. The molecule has 0 heterocycles. The molecular formula is C12H24N2O3S. The second-order valence-corrected chi connectivity index (χ2v) is 5.70. The van der Waals surface area contributed by atoms with Gasteiger partial charge in [0, 0.05) is 13.1 Å². The molecule has 0 bridgehead atoms. The predicted octanol–water partition coefficient (Wildman–Crippen LogP) is 1.88. The molecule has 0 spiro atoms. The largest absolute Gasteiger partial charge is 0.480 e. The Morgan fingerprint density at radius 2 is 1.89 bits per heavy atom. The average molecular weight is 276 g/mol. The molecule has 0 saturated heterocycles. The van der Waals surface area contributed by atoms with Crippen molar-refractivity contribution in [2.75, 3.05) is 19.1 Å². The van der Waals surface area contributed by atoms with Crippen molar-refractivity contribution in [1.29, 1.82) is 0 Å². The van der Waals surface area contributed by atoms with Crippen LogP contribution in [-0.2, 0) is 4.79 Å². The molecule has 5 nitrogen and oxygen atoms in total. The fourth-order valence-corrected chi connectivity index (χ4v) is 1.85. The van der Waals surface area contributed by atoms with E-state index in [1.54, 1.807) is 23.7 Å². The van der Waals surface area contributed by atoms with Crippen LogP contribution in [0.1, 0.15) is 27.2 Å². The van der Waals surface area contributed by atoms with Crippen molar-refractivity contribution in [2.45, 2.75) is 39.3 Å². The summed E-state index contributed by atoms with van der Waals surface area (Å²) in [7, 11) is 1.69. The summed E-state index contributed by atoms with van der Waals surface area (Å²) < 4.78 is 0. The number of carbonyl (C=O) groups excluding carboxylic acids is 1. The Morgan fingerprint density at radius 3 is 2.28 bits per heavy atom. The van der Waals surface area contributed by atoms with Crippen LogP contribution in [0.25, 0.3) is 0 Å². The van der Waals surface area contributed by atoms with Crippen LogP contribution in [0, 0.1) is 5.92 Å². The lowest BCUT2D eigenvalue weighted by atomic mass is 10.1. The van der Waals surface area contributed by atoms with Gasteiger partial charge in [0.05, 0.1) is 0 Å². The minimum Gasteiger partial charge on any atom is -0.480 e. The summed E-state index contributed by atoms with van der Waals surface area (Å²) in [6.45, 7) is 6.00. The Balaban J connectivity index is 4.45. The zero-order valence-electron chi connectivity index (χ0n) is 11.8. The van der Waals surface area contributed by atoms with Gasteiger partial charge < -0.3 is 15.3 Å². The lowest BCUT2D eigenvalue weighted by molar-refractivity contribution is -0.139. The highest BCUT2D eigenvalue weighted by Crippen LogP contribution is 2.09. The molecule has 2 amide bonds. The number of urea groups is 1. The summed E-state index contributed by atoms with van der Waals surface area (Å²) >= 11 is 1.57. The van der Waals surface area contributed by atoms with Gasteiger partial charge in [0.15, 0.2) is 0 Å². The minimum absolute atomic E-state index is 0.0694. The van der Waals surface area contributed by atoms with Crippen LogP contribution in [-0.4, -0.2) is 53.1 Å². The number of hydrogen-bond donors (Lipinski definition) is 2. The van der Waals surface area contributed by atoms with Crippen LogP contribution in [0.4, 0.5) is 4.79 Å². The van der Waals surface area contributed by atoms with E-state index in [1.165, 1.54) is 0 Å². The molecular weight excluding hydrogens is 252 g/mol. The number of carbonyl (C=O) groups is 2. The highest BCUT2D eigenvalue weighted by atomic mass is 32.2. The van der Waals surface area contributed by atoms with Gasteiger partial charge >= 0.3 is 12.0 Å². The Kier molecular flexibility index (Phi) is 7.82. The van der Waals surface area contributed by atoms with Gasteiger partial charge in [0.2, 0.25) is 0 Å². The molecule has 2 N–H and O–H groups in total. The first-order chi connectivity index (χ1) is 8.31. The standard InChI is InChI=1S/C12H24N2O3S/c1-8(2)9(3)14(4)12(17)13-10(11(15)16)6-7-18-5/h8-10H,6-7H2,1-5H3,(H,13,17)(H,15,16)/t9?,10-/m1/s1. The van der Waals surface area contributed by atoms with Crippen molar-refractivity contribution < 1.29 is 14.7 Å². The summed E-state index contributed by atoms with van der Waals surface area (Å²) in [5.41, 5.74) is 0. The van der Waals surface area contributed by atoms with E-state index in [1.807, 2.05) is 27.0 Å². The first-order valence-electron chi connectivity index (χ1n) is 6.06. The highest BCUT2D eigenvalue weighted by molar-refractivity contribution is 7.98. The number of nitrogens with zero attached hydrogens (tertiary/aromatic N) is 1. The van der Waals surface area contributed by atoms with Crippen LogP contribution in [0.5, 0.6) is 0 Å². The van der Waals surface area contributed by atoms with Crippen LogP contribution in [0.3, 0.4) is 0 Å². The Hall–Kier alpha value is -0.910. The number of carboxylic acids is 1. The molecule has 0 aromatic rings. The Morgan fingerprint density at radius 1 is 1.33 bits per heavy atom. The minimum atomic E-state index is -0.983. The van der Waals surface area contributed by atoms with E-state index in [4.69, 9.17) is 5.11 Å². The van der Waals surface area contributed by atoms with Crippen molar-refractivity contribution in [3.05, 3.63) is 0 Å². The van der Waals surface area contributed by atoms with Crippen molar-refractivity contribution in [2.24, 2.45) is 5.92 Å². The van der Waals surface area contributed by atoms with Crippen molar-refractivity contribution in [3.63, 3.8) is 0 Å². The van der Waals surface area contributed by atoms with Gasteiger partial charge in [-0.15, -0.1) is 0 Å². The van der Waals surface area contributed by atoms with E-state index in [2.05, 4.69) is 5.32 Å². The third-order valence-electron chi connectivity index (χ3n) is 3.10.